The monoisotopic (exact) mass is 722 g/mol. The van der Waals surface area contributed by atoms with Crippen molar-refractivity contribution in [1.82, 2.24) is 5.32 Å². The largest absolute Gasteiger partial charge is 0.394 e. The van der Waals surface area contributed by atoms with E-state index in [1.807, 2.05) is 6.08 Å². The van der Waals surface area contributed by atoms with Crippen LogP contribution in [0.1, 0.15) is 251 Å². The number of hydrogen-bond donors (Lipinski definition) is 4. The standard InChI is InChI=1S/C46H91NO4/c1-3-5-7-9-11-13-15-17-19-21-22-23-24-26-28-30-32-34-36-38-40-45(50)44(42-48)47-46(51)41-43(49)39-37-35-33-31-29-27-25-20-18-16-14-12-10-8-6-4-2/h38,40,43-45,48-50H,3-37,39,41-42H2,1-2H3,(H,47,51)/b40-38+. The van der Waals surface area contributed by atoms with Gasteiger partial charge in [-0.3, -0.25) is 4.79 Å². The number of carbonyl (C=O) groups is 1. The van der Waals surface area contributed by atoms with Crippen LogP contribution in [0, 0.1) is 0 Å². The summed E-state index contributed by atoms with van der Waals surface area (Å²) in [5.74, 6) is -0.311. The number of aliphatic hydroxyl groups excluding tert-OH is 3. The topological polar surface area (TPSA) is 89.8 Å². The van der Waals surface area contributed by atoms with E-state index in [-0.39, 0.29) is 18.9 Å². The van der Waals surface area contributed by atoms with E-state index in [9.17, 15) is 20.1 Å². The molecule has 0 saturated carbocycles. The van der Waals surface area contributed by atoms with E-state index in [1.165, 1.54) is 199 Å². The number of unbranched alkanes of at least 4 members (excludes halogenated alkanes) is 33. The molecule has 304 valence electrons. The second-order valence-corrected chi connectivity index (χ2v) is 16.0. The summed E-state index contributed by atoms with van der Waals surface area (Å²) in [6, 6.07) is -0.739. The summed E-state index contributed by atoms with van der Waals surface area (Å²) in [7, 11) is 0. The predicted molar refractivity (Wildman–Crippen MR) is 222 cm³/mol. The SMILES string of the molecule is CCCCCCCCCCCCCCCCCCCC/C=C/C(O)C(CO)NC(=O)CC(O)CCCCCCCCCCCCCCCCCC. The molecule has 0 rings (SSSR count). The lowest BCUT2D eigenvalue weighted by Crippen LogP contribution is -2.45. The normalized spacial score (nSPS) is 13.6. The Morgan fingerprint density at radius 2 is 0.804 bits per heavy atom. The van der Waals surface area contributed by atoms with Gasteiger partial charge >= 0.3 is 0 Å². The Bertz CT molecular complexity index is 713. The highest BCUT2D eigenvalue weighted by molar-refractivity contribution is 5.76. The lowest BCUT2D eigenvalue weighted by atomic mass is 10.0. The first-order valence-corrected chi connectivity index (χ1v) is 23.0. The van der Waals surface area contributed by atoms with Crippen LogP contribution in [-0.2, 0) is 4.79 Å². The van der Waals surface area contributed by atoms with Gasteiger partial charge in [-0.05, 0) is 19.3 Å². The van der Waals surface area contributed by atoms with Gasteiger partial charge < -0.3 is 20.6 Å². The van der Waals surface area contributed by atoms with Crippen molar-refractivity contribution in [3.05, 3.63) is 12.2 Å². The molecule has 4 N–H and O–H groups in total. The summed E-state index contributed by atoms with van der Waals surface area (Å²) < 4.78 is 0. The molecule has 0 fully saturated rings. The highest BCUT2D eigenvalue weighted by Crippen LogP contribution is 2.17. The first kappa shape index (κ1) is 50.1. The van der Waals surface area contributed by atoms with Crippen molar-refractivity contribution in [3.8, 4) is 0 Å². The van der Waals surface area contributed by atoms with Gasteiger partial charge in [0.25, 0.3) is 0 Å². The fraction of sp³-hybridized carbons (Fsp3) is 0.935. The van der Waals surface area contributed by atoms with Crippen LogP contribution in [-0.4, -0.2) is 46.1 Å². The first-order chi connectivity index (χ1) is 25.0. The second kappa shape index (κ2) is 41.8. The van der Waals surface area contributed by atoms with E-state index in [0.717, 1.165) is 25.7 Å². The van der Waals surface area contributed by atoms with Crippen molar-refractivity contribution in [2.75, 3.05) is 6.61 Å². The summed E-state index contributed by atoms with van der Waals surface area (Å²) in [5.41, 5.74) is 0. The van der Waals surface area contributed by atoms with E-state index < -0.39 is 18.2 Å². The van der Waals surface area contributed by atoms with Crippen LogP contribution in [0.5, 0.6) is 0 Å². The molecule has 0 radical (unpaired) electrons. The zero-order chi connectivity index (χ0) is 37.3. The number of nitrogens with one attached hydrogen (secondary N) is 1. The molecule has 5 nitrogen and oxygen atoms in total. The van der Waals surface area contributed by atoms with Crippen LogP contribution >= 0.6 is 0 Å². The van der Waals surface area contributed by atoms with Gasteiger partial charge in [0.2, 0.25) is 5.91 Å². The molecule has 0 aromatic heterocycles. The minimum atomic E-state index is -0.924. The van der Waals surface area contributed by atoms with Gasteiger partial charge in [-0.2, -0.15) is 0 Å². The highest BCUT2D eigenvalue weighted by Gasteiger charge is 2.20. The number of rotatable bonds is 42. The Kier molecular flexibility index (Phi) is 41.1. The van der Waals surface area contributed by atoms with Crippen LogP contribution in [0.4, 0.5) is 0 Å². The van der Waals surface area contributed by atoms with E-state index in [0.29, 0.717) is 6.42 Å². The van der Waals surface area contributed by atoms with Crippen LogP contribution < -0.4 is 5.32 Å². The predicted octanol–water partition coefficient (Wildman–Crippen LogP) is 13.2. The van der Waals surface area contributed by atoms with E-state index in [4.69, 9.17) is 0 Å². The minimum Gasteiger partial charge on any atom is -0.394 e. The van der Waals surface area contributed by atoms with Crippen LogP contribution in [0.15, 0.2) is 12.2 Å². The van der Waals surface area contributed by atoms with Crippen molar-refractivity contribution < 1.29 is 20.1 Å². The van der Waals surface area contributed by atoms with Crippen molar-refractivity contribution in [2.24, 2.45) is 0 Å². The lowest BCUT2D eigenvalue weighted by molar-refractivity contribution is -0.124. The smallest absolute Gasteiger partial charge is 0.222 e. The third-order valence-electron chi connectivity index (χ3n) is 10.8. The van der Waals surface area contributed by atoms with Crippen LogP contribution in [0.2, 0.25) is 0 Å². The fourth-order valence-electron chi connectivity index (χ4n) is 7.28. The summed E-state index contributed by atoms with van der Waals surface area (Å²) in [4.78, 5) is 12.4. The molecule has 0 aliphatic carbocycles. The third-order valence-corrected chi connectivity index (χ3v) is 10.8. The first-order valence-electron chi connectivity index (χ1n) is 23.0. The van der Waals surface area contributed by atoms with Gasteiger partial charge in [0.15, 0.2) is 0 Å². The molecule has 0 spiro atoms. The van der Waals surface area contributed by atoms with Crippen molar-refractivity contribution in [1.29, 1.82) is 0 Å². The number of allylic oxidation sites excluding steroid dienone is 1. The molecule has 0 aliphatic rings. The summed E-state index contributed by atoms with van der Waals surface area (Å²) in [5, 5.41) is 33.3. The highest BCUT2D eigenvalue weighted by atomic mass is 16.3. The minimum absolute atomic E-state index is 0.0188. The van der Waals surface area contributed by atoms with Gasteiger partial charge in [0.05, 0.1) is 31.3 Å². The number of carbonyl (C=O) groups excluding carboxylic acids is 1. The Hall–Kier alpha value is -0.910. The Morgan fingerprint density at radius 3 is 1.14 bits per heavy atom. The molecule has 3 unspecified atom stereocenters. The maximum Gasteiger partial charge on any atom is 0.222 e. The molecule has 0 aromatic carbocycles. The summed E-state index contributed by atoms with van der Waals surface area (Å²) >= 11 is 0. The molecule has 1 amide bonds. The van der Waals surface area contributed by atoms with Gasteiger partial charge in [0.1, 0.15) is 0 Å². The van der Waals surface area contributed by atoms with E-state index >= 15 is 0 Å². The average molecular weight is 722 g/mol. The Balaban J connectivity index is 3.62. The molecule has 0 bridgehead atoms. The molecular formula is C46H91NO4. The maximum absolute atomic E-state index is 12.4. The fourth-order valence-corrected chi connectivity index (χ4v) is 7.28. The molecule has 51 heavy (non-hydrogen) atoms. The quantitative estimate of drug-likeness (QED) is 0.0373. The van der Waals surface area contributed by atoms with Gasteiger partial charge in [-0.25, -0.2) is 0 Å². The van der Waals surface area contributed by atoms with Gasteiger partial charge in [-0.15, -0.1) is 0 Å². The second-order valence-electron chi connectivity index (χ2n) is 16.0. The molecule has 0 saturated heterocycles. The molecule has 0 heterocycles. The zero-order valence-electron chi connectivity index (χ0n) is 34.5. The van der Waals surface area contributed by atoms with E-state index in [2.05, 4.69) is 19.2 Å². The number of hydrogen-bond acceptors (Lipinski definition) is 4. The summed E-state index contributed by atoms with van der Waals surface area (Å²) in [6.07, 6.45) is 49.3. The molecular weight excluding hydrogens is 631 g/mol. The molecule has 5 heteroatoms. The number of amides is 1. The van der Waals surface area contributed by atoms with E-state index in [1.54, 1.807) is 6.08 Å². The zero-order valence-corrected chi connectivity index (χ0v) is 34.5. The van der Waals surface area contributed by atoms with Crippen molar-refractivity contribution in [3.63, 3.8) is 0 Å². The Morgan fingerprint density at radius 1 is 0.490 bits per heavy atom. The molecule has 0 aromatic rings. The van der Waals surface area contributed by atoms with Gasteiger partial charge in [-0.1, -0.05) is 238 Å². The average Bonchev–Trinajstić information content (AvgIpc) is 3.12. The lowest BCUT2D eigenvalue weighted by Gasteiger charge is -2.21. The summed E-state index contributed by atoms with van der Waals surface area (Å²) in [6.45, 7) is 4.23. The van der Waals surface area contributed by atoms with Crippen LogP contribution in [0.25, 0.3) is 0 Å². The Labute approximate surface area is 319 Å². The van der Waals surface area contributed by atoms with Crippen molar-refractivity contribution in [2.45, 2.75) is 270 Å². The molecule has 3 atom stereocenters. The maximum atomic E-state index is 12.4. The van der Waals surface area contributed by atoms with Crippen molar-refractivity contribution >= 4 is 5.91 Å². The number of aliphatic hydroxyl groups is 3. The third kappa shape index (κ3) is 38.6. The molecule has 0 aliphatic heterocycles. The van der Waals surface area contributed by atoms with Crippen LogP contribution in [0.3, 0.4) is 0 Å². The van der Waals surface area contributed by atoms with Gasteiger partial charge in [0, 0.05) is 0 Å².